The highest BCUT2D eigenvalue weighted by Crippen LogP contribution is 2.44. The monoisotopic (exact) mass is 417 g/mol. The summed E-state index contributed by atoms with van der Waals surface area (Å²) in [6, 6.07) is 6.84. The molecule has 6 nitrogen and oxygen atoms in total. The minimum atomic E-state index is -0.506. The van der Waals surface area contributed by atoms with Crippen LogP contribution in [-0.2, 0) is 6.54 Å². The van der Waals surface area contributed by atoms with Crippen molar-refractivity contribution in [2.75, 3.05) is 53.5 Å². The number of benzene rings is 1. The van der Waals surface area contributed by atoms with E-state index < -0.39 is 6.10 Å². The molecule has 1 aromatic rings. The first-order valence-corrected chi connectivity index (χ1v) is 11.7. The summed E-state index contributed by atoms with van der Waals surface area (Å²) in [6.45, 7) is 6.02. The van der Waals surface area contributed by atoms with Crippen LogP contribution in [0.1, 0.15) is 37.7 Å². The average molecular weight is 418 g/mol. The van der Waals surface area contributed by atoms with Gasteiger partial charge in [-0.2, -0.15) is 0 Å². The van der Waals surface area contributed by atoms with E-state index in [1.54, 1.807) is 7.11 Å². The fourth-order valence-electron chi connectivity index (χ4n) is 4.63. The smallest absolute Gasteiger partial charge is 0.161 e. The van der Waals surface area contributed by atoms with Gasteiger partial charge < -0.3 is 24.8 Å². The number of nitrogens with zero attached hydrogens (tertiary/aromatic N) is 2. The van der Waals surface area contributed by atoms with Crippen molar-refractivity contribution in [2.24, 2.45) is 11.8 Å². The van der Waals surface area contributed by atoms with Crippen LogP contribution in [-0.4, -0.2) is 80.5 Å². The third-order valence-electron chi connectivity index (χ3n) is 6.74. The summed E-state index contributed by atoms with van der Waals surface area (Å²) < 4.78 is 11.5. The van der Waals surface area contributed by atoms with Gasteiger partial charge in [-0.15, -0.1) is 0 Å². The van der Waals surface area contributed by atoms with E-state index >= 15 is 0 Å². The molecule has 1 saturated heterocycles. The van der Waals surface area contributed by atoms with Crippen LogP contribution < -0.4 is 14.8 Å². The second kappa shape index (κ2) is 10.3. The molecular formula is C24H39N3O3. The zero-order valence-electron chi connectivity index (χ0n) is 18.7. The van der Waals surface area contributed by atoms with E-state index in [9.17, 15) is 5.11 Å². The van der Waals surface area contributed by atoms with Crippen LogP contribution >= 0.6 is 0 Å². The van der Waals surface area contributed by atoms with Gasteiger partial charge in [-0.05, 0) is 81.8 Å². The van der Waals surface area contributed by atoms with Crippen LogP contribution in [0, 0.1) is 11.8 Å². The first-order chi connectivity index (χ1) is 14.6. The molecule has 0 bridgehead atoms. The highest BCUT2D eigenvalue weighted by Gasteiger charge is 2.40. The Balaban J connectivity index is 1.28. The standard InChI is InChI=1S/C24H39N3O3/c1-26-10-3-11-27(13-12-26)16-21(28)17-30-23-14-18(4-9-22(23)29-2)15-25-24(19-5-6-19)20-7-8-20/h4,9,14,19-21,24-25,28H,3,5-8,10-13,15-17H2,1-2H3. The molecule has 0 amide bonds. The largest absolute Gasteiger partial charge is 0.493 e. The number of aliphatic hydroxyl groups excluding tert-OH is 1. The summed E-state index contributed by atoms with van der Waals surface area (Å²) >= 11 is 0. The van der Waals surface area contributed by atoms with Crippen molar-refractivity contribution in [2.45, 2.75) is 50.8 Å². The SMILES string of the molecule is COc1ccc(CNC(C2CC2)C2CC2)cc1OCC(O)CN1CCCN(C)CC1. The molecule has 1 unspecified atom stereocenters. The van der Waals surface area contributed by atoms with E-state index in [4.69, 9.17) is 9.47 Å². The maximum absolute atomic E-state index is 10.5. The van der Waals surface area contributed by atoms with E-state index in [2.05, 4.69) is 34.3 Å². The lowest BCUT2D eigenvalue weighted by molar-refractivity contribution is 0.0685. The number of likely N-dealkylation sites (N-methyl/N-ethyl adjacent to an activating group) is 1. The van der Waals surface area contributed by atoms with Crippen molar-refractivity contribution in [3.05, 3.63) is 23.8 Å². The van der Waals surface area contributed by atoms with E-state index in [0.717, 1.165) is 62.5 Å². The third-order valence-corrected chi connectivity index (χ3v) is 6.74. The molecular weight excluding hydrogens is 378 g/mol. The van der Waals surface area contributed by atoms with Crippen LogP contribution in [0.25, 0.3) is 0 Å². The van der Waals surface area contributed by atoms with Crippen LogP contribution in [0.15, 0.2) is 18.2 Å². The number of rotatable bonds is 11. The fraction of sp³-hybridized carbons (Fsp3) is 0.750. The van der Waals surface area contributed by atoms with Crippen molar-refractivity contribution in [3.8, 4) is 11.5 Å². The Labute approximate surface area is 181 Å². The maximum atomic E-state index is 10.5. The first kappa shape index (κ1) is 21.9. The van der Waals surface area contributed by atoms with Gasteiger partial charge in [0.15, 0.2) is 11.5 Å². The Morgan fingerprint density at radius 2 is 1.83 bits per heavy atom. The highest BCUT2D eigenvalue weighted by atomic mass is 16.5. The molecule has 1 aromatic carbocycles. The third kappa shape index (κ3) is 6.33. The van der Waals surface area contributed by atoms with Gasteiger partial charge in [-0.3, -0.25) is 4.90 Å². The molecule has 168 valence electrons. The minimum Gasteiger partial charge on any atom is -0.493 e. The Morgan fingerprint density at radius 1 is 1.07 bits per heavy atom. The number of nitrogens with one attached hydrogen (secondary N) is 1. The molecule has 0 radical (unpaired) electrons. The lowest BCUT2D eigenvalue weighted by Crippen LogP contribution is -2.37. The summed E-state index contributed by atoms with van der Waals surface area (Å²) in [5.74, 6) is 3.23. The molecule has 2 saturated carbocycles. The van der Waals surface area contributed by atoms with Crippen LogP contribution in [0.3, 0.4) is 0 Å². The fourth-order valence-corrected chi connectivity index (χ4v) is 4.63. The van der Waals surface area contributed by atoms with Crippen molar-refractivity contribution in [1.29, 1.82) is 0 Å². The normalized spacial score (nSPS) is 22.1. The van der Waals surface area contributed by atoms with Crippen molar-refractivity contribution >= 4 is 0 Å². The highest BCUT2D eigenvalue weighted by molar-refractivity contribution is 5.43. The van der Waals surface area contributed by atoms with Gasteiger partial charge in [0.1, 0.15) is 12.7 Å². The molecule has 6 heteroatoms. The van der Waals surface area contributed by atoms with Crippen molar-refractivity contribution in [1.82, 2.24) is 15.1 Å². The summed E-state index contributed by atoms with van der Waals surface area (Å²) in [5, 5.41) is 14.3. The lowest BCUT2D eigenvalue weighted by Gasteiger charge is -2.24. The lowest BCUT2D eigenvalue weighted by atomic mass is 10.1. The van der Waals surface area contributed by atoms with Crippen molar-refractivity contribution in [3.63, 3.8) is 0 Å². The van der Waals surface area contributed by atoms with E-state index in [1.165, 1.54) is 31.2 Å². The number of β-amino-alcohol motifs (C(OH)–C–C–N with tert-alkyl or cyclic N) is 1. The molecule has 1 aliphatic heterocycles. The molecule has 30 heavy (non-hydrogen) atoms. The second-order valence-electron chi connectivity index (χ2n) is 9.49. The Bertz CT molecular complexity index is 666. The van der Waals surface area contributed by atoms with Crippen LogP contribution in [0.2, 0.25) is 0 Å². The quantitative estimate of drug-likeness (QED) is 0.577. The summed E-state index contributed by atoms with van der Waals surface area (Å²) in [4.78, 5) is 4.69. The molecule has 1 heterocycles. The first-order valence-electron chi connectivity index (χ1n) is 11.7. The number of methoxy groups -OCH3 is 1. The molecule has 1 atom stereocenters. The van der Waals surface area contributed by atoms with Gasteiger partial charge in [0.2, 0.25) is 0 Å². The van der Waals surface area contributed by atoms with Gasteiger partial charge in [0.05, 0.1) is 7.11 Å². The zero-order chi connectivity index (χ0) is 20.9. The predicted octanol–water partition coefficient (Wildman–Crippen LogP) is 2.35. The topological polar surface area (TPSA) is 57.2 Å². The number of hydrogen-bond acceptors (Lipinski definition) is 6. The van der Waals surface area contributed by atoms with Crippen molar-refractivity contribution < 1.29 is 14.6 Å². The zero-order valence-corrected chi connectivity index (χ0v) is 18.7. The number of ether oxygens (including phenoxy) is 2. The van der Waals surface area contributed by atoms with Gasteiger partial charge in [-0.25, -0.2) is 0 Å². The second-order valence-corrected chi connectivity index (χ2v) is 9.49. The molecule has 0 spiro atoms. The summed E-state index contributed by atoms with van der Waals surface area (Å²) in [5.41, 5.74) is 1.21. The molecule has 3 fully saturated rings. The van der Waals surface area contributed by atoms with E-state index in [1.807, 2.05) is 6.07 Å². The molecule has 3 aliphatic rings. The van der Waals surface area contributed by atoms with Gasteiger partial charge in [-0.1, -0.05) is 6.07 Å². The van der Waals surface area contributed by atoms with E-state index in [-0.39, 0.29) is 6.61 Å². The Morgan fingerprint density at radius 3 is 2.53 bits per heavy atom. The molecule has 2 aliphatic carbocycles. The summed E-state index contributed by atoms with van der Waals surface area (Å²) in [6.07, 6.45) is 6.18. The average Bonchev–Trinajstić information content (AvgIpc) is 3.62. The van der Waals surface area contributed by atoms with Gasteiger partial charge >= 0.3 is 0 Å². The van der Waals surface area contributed by atoms with Crippen LogP contribution in [0.4, 0.5) is 0 Å². The van der Waals surface area contributed by atoms with Crippen LogP contribution in [0.5, 0.6) is 11.5 Å². The maximum Gasteiger partial charge on any atom is 0.161 e. The predicted molar refractivity (Wildman–Crippen MR) is 119 cm³/mol. The van der Waals surface area contributed by atoms with Gasteiger partial charge in [0.25, 0.3) is 0 Å². The molecule has 2 N–H and O–H groups in total. The Hall–Kier alpha value is -1.34. The molecule has 4 rings (SSSR count). The molecule has 0 aromatic heterocycles. The number of aliphatic hydroxyl groups is 1. The summed E-state index contributed by atoms with van der Waals surface area (Å²) in [7, 11) is 3.83. The van der Waals surface area contributed by atoms with Gasteiger partial charge in [0, 0.05) is 32.2 Å². The Kier molecular flexibility index (Phi) is 7.52. The van der Waals surface area contributed by atoms with E-state index in [0.29, 0.717) is 12.6 Å². The number of hydrogen-bond donors (Lipinski definition) is 2. The minimum absolute atomic E-state index is 0.284.